The van der Waals surface area contributed by atoms with E-state index in [4.69, 9.17) is 21.4 Å². The number of carbonyl (C=O) groups is 1. The summed E-state index contributed by atoms with van der Waals surface area (Å²) in [5.41, 5.74) is 1.62. The van der Waals surface area contributed by atoms with E-state index in [1.165, 1.54) is 0 Å². The second-order valence-corrected chi connectivity index (χ2v) is 5.09. The molecule has 0 amide bonds. The zero-order valence-corrected chi connectivity index (χ0v) is 10.7. The minimum atomic E-state index is -0.776. The molecule has 0 saturated heterocycles. The Morgan fingerprint density at radius 3 is 2.65 bits per heavy atom. The lowest BCUT2D eigenvalue weighted by atomic mass is 9.90. The maximum atomic E-state index is 10.9. The molecule has 0 bridgehead atoms. The molecular weight excluding hydrogens is 240 g/mol. The number of aliphatic carboxylic acids is 1. The molecule has 1 aliphatic carbocycles. The Hall–Kier alpha value is -1.22. The van der Waals surface area contributed by atoms with Gasteiger partial charge in [0.25, 0.3) is 0 Å². The van der Waals surface area contributed by atoms with Gasteiger partial charge in [0.15, 0.2) is 0 Å². The number of halogens is 1. The van der Waals surface area contributed by atoms with E-state index in [1.54, 1.807) is 7.11 Å². The van der Waals surface area contributed by atoms with E-state index in [9.17, 15) is 4.79 Å². The van der Waals surface area contributed by atoms with Crippen LogP contribution in [0.4, 0.5) is 0 Å². The highest BCUT2D eigenvalue weighted by Crippen LogP contribution is 2.54. The van der Waals surface area contributed by atoms with Crippen LogP contribution >= 0.6 is 11.6 Å². The molecule has 1 fully saturated rings. The first-order valence-corrected chi connectivity index (χ1v) is 5.93. The van der Waals surface area contributed by atoms with Gasteiger partial charge in [-0.2, -0.15) is 0 Å². The second-order valence-electron chi connectivity index (χ2n) is 4.65. The SMILES string of the molecule is COc1c(C)cc(Cl)cc1C1(CC(=O)O)CC1. The summed E-state index contributed by atoms with van der Waals surface area (Å²) >= 11 is 6.05. The van der Waals surface area contributed by atoms with Crippen LogP contribution in [0.1, 0.15) is 30.4 Å². The second kappa shape index (κ2) is 4.22. The number of carboxylic acids is 1. The largest absolute Gasteiger partial charge is 0.496 e. The first kappa shape index (κ1) is 12.2. The van der Waals surface area contributed by atoms with Crippen molar-refractivity contribution in [1.82, 2.24) is 0 Å². The third-order valence-electron chi connectivity index (χ3n) is 3.36. The Balaban J connectivity index is 2.47. The Kier molecular flexibility index (Phi) is 3.04. The first-order chi connectivity index (χ1) is 7.98. The van der Waals surface area contributed by atoms with Gasteiger partial charge in [-0.3, -0.25) is 4.79 Å². The van der Waals surface area contributed by atoms with Gasteiger partial charge in [0, 0.05) is 16.0 Å². The number of hydrogen-bond donors (Lipinski definition) is 1. The van der Waals surface area contributed by atoms with Crippen molar-refractivity contribution in [2.24, 2.45) is 0 Å². The molecule has 17 heavy (non-hydrogen) atoms. The zero-order chi connectivity index (χ0) is 12.6. The molecule has 1 N–H and O–H groups in total. The fourth-order valence-electron chi connectivity index (χ4n) is 2.38. The highest BCUT2D eigenvalue weighted by atomic mass is 35.5. The van der Waals surface area contributed by atoms with E-state index >= 15 is 0 Å². The van der Waals surface area contributed by atoms with Gasteiger partial charge in [-0.05, 0) is 37.5 Å². The highest BCUT2D eigenvalue weighted by molar-refractivity contribution is 6.30. The number of aryl methyl sites for hydroxylation is 1. The summed E-state index contributed by atoms with van der Waals surface area (Å²) in [6, 6.07) is 3.67. The van der Waals surface area contributed by atoms with E-state index in [-0.39, 0.29) is 11.8 Å². The lowest BCUT2D eigenvalue weighted by Crippen LogP contribution is -2.14. The molecule has 1 aliphatic rings. The number of methoxy groups -OCH3 is 1. The molecule has 1 aromatic rings. The van der Waals surface area contributed by atoms with Crippen LogP contribution in [-0.2, 0) is 10.2 Å². The molecular formula is C13H15ClO3. The van der Waals surface area contributed by atoms with Crippen molar-refractivity contribution in [1.29, 1.82) is 0 Å². The van der Waals surface area contributed by atoms with Gasteiger partial charge in [0.2, 0.25) is 0 Å². The van der Waals surface area contributed by atoms with Gasteiger partial charge in [-0.1, -0.05) is 11.6 Å². The predicted octanol–water partition coefficient (Wildman–Crippen LogP) is 3.16. The molecule has 0 spiro atoms. The van der Waals surface area contributed by atoms with Crippen molar-refractivity contribution < 1.29 is 14.6 Å². The summed E-state index contributed by atoms with van der Waals surface area (Å²) in [6.07, 6.45) is 1.91. The van der Waals surface area contributed by atoms with Gasteiger partial charge in [0.1, 0.15) is 5.75 Å². The third-order valence-corrected chi connectivity index (χ3v) is 3.58. The molecule has 2 rings (SSSR count). The average molecular weight is 255 g/mol. The van der Waals surface area contributed by atoms with Crippen molar-refractivity contribution in [2.45, 2.75) is 31.6 Å². The maximum Gasteiger partial charge on any atom is 0.304 e. The summed E-state index contributed by atoms with van der Waals surface area (Å²) in [7, 11) is 1.61. The summed E-state index contributed by atoms with van der Waals surface area (Å²) in [5.74, 6) is -0.00432. The Labute approximate surface area is 105 Å². The first-order valence-electron chi connectivity index (χ1n) is 5.55. The standard InChI is InChI=1S/C13H15ClO3/c1-8-5-9(14)6-10(12(8)17-2)13(3-4-13)7-11(15)16/h5-6H,3-4,7H2,1-2H3,(H,15,16). The Morgan fingerprint density at radius 2 is 2.18 bits per heavy atom. The minimum Gasteiger partial charge on any atom is -0.496 e. The van der Waals surface area contributed by atoms with Crippen LogP contribution in [0.25, 0.3) is 0 Å². The quantitative estimate of drug-likeness (QED) is 0.898. The number of rotatable bonds is 4. The molecule has 0 unspecified atom stereocenters. The van der Waals surface area contributed by atoms with Gasteiger partial charge in [0.05, 0.1) is 13.5 Å². The van der Waals surface area contributed by atoms with E-state index in [0.717, 1.165) is 29.7 Å². The highest BCUT2D eigenvalue weighted by Gasteiger charge is 2.48. The molecule has 1 saturated carbocycles. The fourth-order valence-corrected chi connectivity index (χ4v) is 2.65. The molecule has 1 aromatic carbocycles. The van der Waals surface area contributed by atoms with Crippen LogP contribution in [0.5, 0.6) is 5.75 Å². The Bertz CT molecular complexity index is 464. The summed E-state index contributed by atoms with van der Waals surface area (Å²) in [4.78, 5) is 10.9. The maximum absolute atomic E-state index is 10.9. The lowest BCUT2D eigenvalue weighted by Gasteiger charge is -2.19. The van der Waals surface area contributed by atoms with Crippen molar-refractivity contribution in [3.8, 4) is 5.75 Å². The zero-order valence-electron chi connectivity index (χ0n) is 9.92. The number of benzene rings is 1. The molecule has 0 atom stereocenters. The topological polar surface area (TPSA) is 46.5 Å². The van der Waals surface area contributed by atoms with Crippen LogP contribution < -0.4 is 4.74 Å². The number of carboxylic acid groups (broad SMARTS) is 1. The lowest BCUT2D eigenvalue weighted by molar-refractivity contribution is -0.137. The molecule has 4 heteroatoms. The molecule has 0 aromatic heterocycles. The van der Waals surface area contributed by atoms with Gasteiger partial charge in [-0.15, -0.1) is 0 Å². The van der Waals surface area contributed by atoms with Crippen molar-refractivity contribution in [3.63, 3.8) is 0 Å². The van der Waals surface area contributed by atoms with Crippen LogP contribution in [0.15, 0.2) is 12.1 Å². The van der Waals surface area contributed by atoms with Crippen LogP contribution in [0.3, 0.4) is 0 Å². The van der Waals surface area contributed by atoms with Crippen molar-refractivity contribution >= 4 is 17.6 Å². The van der Waals surface area contributed by atoms with Crippen LogP contribution in [-0.4, -0.2) is 18.2 Å². The van der Waals surface area contributed by atoms with E-state index in [2.05, 4.69) is 0 Å². The molecule has 0 aliphatic heterocycles. The molecule has 92 valence electrons. The fraction of sp³-hybridized carbons (Fsp3) is 0.462. The third kappa shape index (κ3) is 2.25. The normalized spacial score (nSPS) is 16.6. The smallest absolute Gasteiger partial charge is 0.304 e. The molecule has 0 heterocycles. The predicted molar refractivity (Wildman–Crippen MR) is 65.9 cm³/mol. The van der Waals surface area contributed by atoms with Gasteiger partial charge >= 0.3 is 5.97 Å². The van der Waals surface area contributed by atoms with Gasteiger partial charge < -0.3 is 9.84 Å². The number of hydrogen-bond acceptors (Lipinski definition) is 2. The van der Waals surface area contributed by atoms with Gasteiger partial charge in [-0.25, -0.2) is 0 Å². The van der Waals surface area contributed by atoms with E-state index in [0.29, 0.717) is 5.02 Å². The summed E-state index contributed by atoms with van der Waals surface area (Å²) in [6.45, 7) is 1.92. The monoisotopic (exact) mass is 254 g/mol. The van der Waals surface area contributed by atoms with Crippen LogP contribution in [0, 0.1) is 6.92 Å². The molecule has 0 radical (unpaired) electrons. The van der Waals surface area contributed by atoms with Crippen LogP contribution in [0.2, 0.25) is 5.02 Å². The van der Waals surface area contributed by atoms with Crippen molar-refractivity contribution in [2.75, 3.05) is 7.11 Å². The Morgan fingerprint density at radius 1 is 1.53 bits per heavy atom. The average Bonchev–Trinajstić information content (AvgIpc) is 2.96. The number of ether oxygens (including phenoxy) is 1. The van der Waals surface area contributed by atoms with Crippen molar-refractivity contribution in [3.05, 3.63) is 28.3 Å². The van der Waals surface area contributed by atoms with E-state index < -0.39 is 5.97 Å². The summed E-state index contributed by atoms with van der Waals surface area (Å²) in [5, 5.41) is 9.61. The van der Waals surface area contributed by atoms with E-state index in [1.807, 2.05) is 19.1 Å². The minimum absolute atomic E-state index is 0.142. The molecule has 3 nitrogen and oxygen atoms in total. The summed E-state index contributed by atoms with van der Waals surface area (Å²) < 4.78 is 5.39.